The van der Waals surface area contributed by atoms with Gasteiger partial charge < -0.3 is 5.32 Å². The second kappa shape index (κ2) is 6.66. The lowest BCUT2D eigenvalue weighted by Gasteiger charge is -2.13. The quantitative estimate of drug-likeness (QED) is 0.894. The third kappa shape index (κ3) is 3.67. The Hall–Kier alpha value is -1.68. The lowest BCUT2D eigenvalue weighted by molar-refractivity contribution is 0.0947. The molecule has 0 saturated heterocycles. The molecule has 0 saturated carbocycles. The van der Waals surface area contributed by atoms with E-state index in [2.05, 4.69) is 21.2 Å². The topological polar surface area (TPSA) is 29.1 Å². The summed E-state index contributed by atoms with van der Waals surface area (Å²) in [6, 6.07) is 14.2. The summed E-state index contributed by atoms with van der Waals surface area (Å²) in [5, 5.41) is 2.77. The van der Waals surface area contributed by atoms with Crippen LogP contribution in [0.5, 0.6) is 0 Å². The molecule has 20 heavy (non-hydrogen) atoms. The predicted molar refractivity (Wildman–Crippen MR) is 81.3 cm³/mol. The SMILES string of the molecule is C[C@@H](CNC(=O)c1cc(Br)ccc1F)c1ccccc1. The monoisotopic (exact) mass is 335 g/mol. The molecule has 0 unspecified atom stereocenters. The van der Waals surface area contributed by atoms with Gasteiger partial charge in [-0.2, -0.15) is 0 Å². The van der Waals surface area contributed by atoms with Crippen LogP contribution >= 0.6 is 15.9 Å². The van der Waals surface area contributed by atoms with E-state index in [1.54, 1.807) is 6.07 Å². The van der Waals surface area contributed by atoms with E-state index < -0.39 is 11.7 Å². The average Bonchev–Trinajstić information content (AvgIpc) is 2.47. The first-order valence-electron chi connectivity index (χ1n) is 6.36. The molecule has 2 nitrogen and oxygen atoms in total. The van der Waals surface area contributed by atoms with Crippen molar-refractivity contribution in [3.63, 3.8) is 0 Å². The standard InChI is InChI=1S/C16H15BrFNO/c1-11(12-5-3-2-4-6-12)10-19-16(20)14-9-13(17)7-8-15(14)18/h2-9,11H,10H2,1H3,(H,19,20)/t11-/m0/s1. The first-order chi connectivity index (χ1) is 9.58. The minimum atomic E-state index is -0.516. The summed E-state index contributed by atoms with van der Waals surface area (Å²) in [5.41, 5.74) is 1.20. The highest BCUT2D eigenvalue weighted by Gasteiger charge is 2.13. The molecule has 0 aliphatic rings. The second-order valence-electron chi connectivity index (χ2n) is 4.65. The van der Waals surface area contributed by atoms with Crippen LogP contribution in [0.15, 0.2) is 53.0 Å². The smallest absolute Gasteiger partial charge is 0.254 e. The number of benzene rings is 2. The highest BCUT2D eigenvalue weighted by atomic mass is 79.9. The summed E-state index contributed by atoms with van der Waals surface area (Å²) < 4.78 is 14.3. The predicted octanol–water partition coefficient (Wildman–Crippen LogP) is 4.12. The number of hydrogen-bond donors (Lipinski definition) is 1. The Labute approximate surface area is 126 Å². The Balaban J connectivity index is 2.00. The van der Waals surface area contributed by atoms with Crippen molar-refractivity contribution in [1.29, 1.82) is 0 Å². The van der Waals surface area contributed by atoms with Crippen molar-refractivity contribution in [2.45, 2.75) is 12.8 Å². The Bertz CT molecular complexity index is 601. The average molecular weight is 336 g/mol. The zero-order valence-corrected chi connectivity index (χ0v) is 12.7. The molecule has 1 atom stereocenters. The zero-order chi connectivity index (χ0) is 14.5. The molecule has 0 aromatic heterocycles. The molecule has 0 fully saturated rings. The highest BCUT2D eigenvalue weighted by Crippen LogP contribution is 2.16. The van der Waals surface area contributed by atoms with Crippen molar-refractivity contribution in [1.82, 2.24) is 5.32 Å². The number of nitrogens with one attached hydrogen (secondary N) is 1. The van der Waals surface area contributed by atoms with Gasteiger partial charge in [-0.15, -0.1) is 0 Å². The first-order valence-corrected chi connectivity index (χ1v) is 7.15. The van der Waals surface area contributed by atoms with Gasteiger partial charge in [-0.25, -0.2) is 4.39 Å². The molecular weight excluding hydrogens is 321 g/mol. The fourth-order valence-electron chi connectivity index (χ4n) is 1.91. The van der Waals surface area contributed by atoms with Crippen LogP contribution in [0.4, 0.5) is 4.39 Å². The van der Waals surface area contributed by atoms with Crippen molar-refractivity contribution in [2.75, 3.05) is 6.54 Å². The van der Waals surface area contributed by atoms with Gasteiger partial charge in [-0.3, -0.25) is 4.79 Å². The van der Waals surface area contributed by atoms with Crippen LogP contribution in [0, 0.1) is 5.82 Å². The van der Waals surface area contributed by atoms with Crippen LogP contribution in [-0.4, -0.2) is 12.5 Å². The van der Waals surface area contributed by atoms with Crippen LogP contribution < -0.4 is 5.32 Å². The molecule has 1 amide bonds. The van der Waals surface area contributed by atoms with E-state index in [0.717, 1.165) is 5.56 Å². The van der Waals surface area contributed by atoms with Crippen molar-refractivity contribution in [3.8, 4) is 0 Å². The van der Waals surface area contributed by atoms with E-state index >= 15 is 0 Å². The molecule has 104 valence electrons. The summed E-state index contributed by atoms with van der Waals surface area (Å²) in [6.07, 6.45) is 0. The maximum absolute atomic E-state index is 13.6. The minimum absolute atomic E-state index is 0.0552. The van der Waals surface area contributed by atoms with E-state index in [-0.39, 0.29) is 11.5 Å². The normalized spacial score (nSPS) is 11.9. The van der Waals surface area contributed by atoms with E-state index in [9.17, 15) is 9.18 Å². The Morgan fingerprint density at radius 2 is 1.95 bits per heavy atom. The second-order valence-corrected chi connectivity index (χ2v) is 5.56. The summed E-state index contributed by atoms with van der Waals surface area (Å²) in [7, 11) is 0. The fraction of sp³-hybridized carbons (Fsp3) is 0.188. The van der Waals surface area contributed by atoms with E-state index in [1.165, 1.54) is 12.1 Å². The molecule has 0 aliphatic heterocycles. The molecular formula is C16H15BrFNO. The lowest BCUT2D eigenvalue weighted by Crippen LogP contribution is -2.28. The Morgan fingerprint density at radius 3 is 2.65 bits per heavy atom. The molecule has 0 bridgehead atoms. The maximum atomic E-state index is 13.6. The first kappa shape index (κ1) is 14.7. The van der Waals surface area contributed by atoms with Crippen LogP contribution in [0.1, 0.15) is 28.8 Å². The number of halogens is 2. The zero-order valence-electron chi connectivity index (χ0n) is 11.1. The van der Waals surface area contributed by atoms with Crippen LogP contribution in [-0.2, 0) is 0 Å². The maximum Gasteiger partial charge on any atom is 0.254 e. The Kier molecular flexibility index (Phi) is 4.90. The summed E-state index contributed by atoms with van der Waals surface area (Å²) in [4.78, 5) is 12.0. The number of carbonyl (C=O) groups excluding carboxylic acids is 1. The van der Waals surface area contributed by atoms with Gasteiger partial charge in [0.05, 0.1) is 5.56 Å². The van der Waals surface area contributed by atoms with Crippen molar-refractivity contribution in [2.24, 2.45) is 0 Å². The third-order valence-corrected chi connectivity index (χ3v) is 3.60. The number of carbonyl (C=O) groups is 1. The molecule has 0 radical (unpaired) electrons. The van der Waals surface area contributed by atoms with Gasteiger partial charge in [-0.1, -0.05) is 53.2 Å². The lowest BCUT2D eigenvalue weighted by atomic mass is 10.0. The van der Waals surface area contributed by atoms with Crippen molar-refractivity contribution >= 4 is 21.8 Å². The van der Waals surface area contributed by atoms with Gasteiger partial charge in [0.1, 0.15) is 5.82 Å². The largest absolute Gasteiger partial charge is 0.351 e. The summed E-state index contributed by atoms with van der Waals surface area (Å²) >= 11 is 3.23. The molecule has 2 rings (SSSR count). The van der Waals surface area contributed by atoms with Crippen LogP contribution in [0.2, 0.25) is 0 Å². The van der Waals surface area contributed by atoms with Gasteiger partial charge in [0.25, 0.3) is 5.91 Å². The molecule has 0 aliphatic carbocycles. The number of hydrogen-bond acceptors (Lipinski definition) is 1. The van der Waals surface area contributed by atoms with E-state index in [4.69, 9.17) is 0 Å². The van der Waals surface area contributed by atoms with Crippen LogP contribution in [0.3, 0.4) is 0 Å². The van der Waals surface area contributed by atoms with E-state index in [1.807, 2.05) is 37.3 Å². The number of amides is 1. The number of rotatable bonds is 4. The molecule has 0 heterocycles. The molecule has 2 aromatic carbocycles. The van der Waals surface area contributed by atoms with Gasteiger partial charge in [0.2, 0.25) is 0 Å². The van der Waals surface area contributed by atoms with E-state index in [0.29, 0.717) is 11.0 Å². The molecule has 0 spiro atoms. The summed E-state index contributed by atoms with van der Waals surface area (Å²) in [6.45, 7) is 2.49. The van der Waals surface area contributed by atoms with Gasteiger partial charge in [0, 0.05) is 11.0 Å². The van der Waals surface area contributed by atoms with Gasteiger partial charge >= 0.3 is 0 Å². The minimum Gasteiger partial charge on any atom is -0.351 e. The molecule has 1 N–H and O–H groups in total. The van der Waals surface area contributed by atoms with Crippen molar-refractivity contribution < 1.29 is 9.18 Å². The van der Waals surface area contributed by atoms with Gasteiger partial charge in [0.15, 0.2) is 0 Å². The summed E-state index contributed by atoms with van der Waals surface area (Å²) in [5.74, 6) is -0.736. The van der Waals surface area contributed by atoms with Crippen molar-refractivity contribution in [3.05, 3.63) is 69.9 Å². The molecule has 4 heteroatoms. The third-order valence-electron chi connectivity index (χ3n) is 3.11. The highest BCUT2D eigenvalue weighted by molar-refractivity contribution is 9.10. The van der Waals surface area contributed by atoms with Gasteiger partial charge in [-0.05, 0) is 29.7 Å². The Morgan fingerprint density at radius 1 is 1.25 bits per heavy atom. The fourth-order valence-corrected chi connectivity index (χ4v) is 2.27. The molecule has 2 aromatic rings. The van der Waals surface area contributed by atoms with Crippen LogP contribution in [0.25, 0.3) is 0 Å².